The molecule has 0 amide bonds. The second-order valence-corrected chi connectivity index (χ2v) is 5.27. The molecule has 0 radical (unpaired) electrons. The number of carboxylic acid groups (broad SMARTS) is 1. The lowest BCUT2D eigenvalue weighted by Crippen LogP contribution is -2.68. The van der Waals surface area contributed by atoms with Gasteiger partial charge in [0.25, 0.3) is 0 Å². The fourth-order valence-corrected chi connectivity index (χ4v) is 2.23. The maximum atomic E-state index is 13.7. The number of carbonyl (C=O) groups is 1. The van der Waals surface area contributed by atoms with Crippen molar-refractivity contribution in [1.82, 2.24) is 5.06 Å². The molecule has 1 aliphatic heterocycles. The lowest BCUT2D eigenvalue weighted by atomic mass is 9.70. The predicted octanol–water partition coefficient (Wildman–Crippen LogP) is 2.42. The second kappa shape index (κ2) is 3.54. The molecule has 0 saturated carbocycles. The van der Waals surface area contributed by atoms with Gasteiger partial charge in [0, 0.05) is 0 Å². The molecule has 0 bridgehead atoms. The fraction of sp³-hybridized carbons (Fsp3) is 0.889. The summed E-state index contributed by atoms with van der Waals surface area (Å²) >= 11 is 0. The van der Waals surface area contributed by atoms with Crippen LogP contribution in [0, 0.1) is 5.41 Å². The maximum absolute atomic E-state index is 13.7. The summed E-state index contributed by atoms with van der Waals surface area (Å²) in [5.41, 5.74) is -6.49. The number of alkyl halides is 6. The number of hydrogen-bond acceptors (Lipinski definition) is 3. The van der Waals surface area contributed by atoms with Crippen LogP contribution in [0.5, 0.6) is 0 Å². The van der Waals surface area contributed by atoms with E-state index in [4.69, 9.17) is 10.3 Å². The Morgan fingerprint density at radius 3 is 1.47 bits per heavy atom. The topological polar surface area (TPSA) is 60.8 Å². The lowest BCUT2D eigenvalue weighted by Gasteiger charge is -2.43. The van der Waals surface area contributed by atoms with Crippen molar-refractivity contribution in [3.63, 3.8) is 0 Å². The average molecular weight is 295 g/mol. The lowest BCUT2D eigenvalue weighted by molar-refractivity contribution is -0.354. The van der Waals surface area contributed by atoms with Gasteiger partial charge in [0.15, 0.2) is 0 Å². The van der Waals surface area contributed by atoms with Crippen molar-refractivity contribution >= 4 is 5.97 Å². The smallest absolute Gasteiger partial charge is 0.395 e. The van der Waals surface area contributed by atoms with Gasteiger partial charge in [-0.15, -0.1) is 0 Å². The Morgan fingerprint density at radius 1 is 1.00 bits per heavy atom. The van der Waals surface area contributed by atoms with Crippen LogP contribution >= 0.6 is 0 Å². The summed E-state index contributed by atoms with van der Waals surface area (Å²) in [6.07, 6.45) is 0. The molecule has 4 nitrogen and oxygen atoms in total. The van der Waals surface area contributed by atoms with E-state index >= 15 is 0 Å². The fourth-order valence-electron chi connectivity index (χ4n) is 2.23. The quantitative estimate of drug-likeness (QED) is 0.576. The largest absolute Gasteiger partial charge is 0.480 e. The Labute approximate surface area is 103 Å². The van der Waals surface area contributed by atoms with Crippen molar-refractivity contribution in [3.8, 4) is 0 Å². The molecular formula is C9H11F6NO3. The van der Waals surface area contributed by atoms with E-state index in [0.717, 1.165) is 20.8 Å². The molecule has 0 aliphatic carbocycles. The molecule has 19 heavy (non-hydrogen) atoms. The highest BCUT2D eigenvalue weighted by Gasteiger charge is 2.95. The number of carboxylic acids is 1. The van der Waals surface area contributed by atoms with Crippen LogP contribution in [0.1, 0.15) is 20.8 Å². The molecule has 1 aliphatic rings. The number of rotatable bonds is 1. The molecule has 1 atom stereocenters. The van der Waals surface area contributed by atoms with E-state index in [0.29, 0.717) is 0 Å². The number of halogens is 6. The normalized spacial score (nSPS) is 33.4. The molecule has 1 unspecified atom stereocenters. The van der Waals surface area contributed by atoms with Crippen molar-refractivity contribution in [1.29, 1.82) is 0 Å². The minimum Gasteiger partial charge on any atom is -0.480 e. The van der Waals surface area contributed by atoms with Gasteiger partial charge in [0.1, 0.15) is 0 Å². The van der Waals surface area contributed by atoms with Crippen molar-refractivity contribution in [2.75, 3.05) is 0 Å². The molecule has 2 N–H and O–H groups in total. The molecule has 0 aromatic carbocycles. The van der Waals surface area contributed by atoms with Gasteiger partial charge < -0.3 is 10.3 Å². The van der Waals surface area contributed by atoms with Crippen LogP contribution in [0.3, 0.4) is 0 Å². The number of hydrogen-bond donors (Lipinski definition) is 2. The molecule has 1 fully saturated rings. The first-order chi connectivity index (χ1) is 8.10. The third-order valence-corrected chi connectivity index (χ3v) is 3.21. The Morgan fingerprint density at radius 2 is 1.37 bits per heavy atom. The first-order valence-electron chi connectivity index (χ1n) is 4.96. The van der Waals surface area contributed by atoms with Gasteiger partial charge in [-0.25, -0.2) is 4.79 Å². The Kier molecular flexibility index (Phi) is 2.99. The maximum Gasteiger partial charge on any atom is 0.395 e. The zero-order valence-electron chi connectivity index (χ0n) is 10.0. The van der Waals surface area contributed by atoms with E-state index in [2.05, 4.69) is 0 Å². The minimum atomic E-state index is -6.04. The summed E-state index contributed by atoms with van der Waals surface area (Å²) in [6.45, 7) is 2.20. The highest BCUT2D eigenvalue weighted by molar-refractivity contribution is 5.83. The van der Waals surface area contributed by atoms with Gasteiger partial charge >= 0.3 is 23.9 Å². The molecular weight excluding hydrogens is 284 g/mol. The van der Waals surface area contributed by atoms with Crippen LogP contribution in [-0.2, 0) is 4.79 Å². The highest BCUT2D eigenvalue weighted by atomic mass is 19.3. The molecule has 0 aromatic rings. The van der Waals surface area contributed by atoms with Crippen LogP contribution in [0.15, 0.2) is 0 Å². The van der Waals surface area contributed by atoms with E-state index in [1.807, 2.05) is 0 Å². The summed E-state index contributed by atoms with van der Waals surface area (Å²) in [4.78, 5) is 11.0. The van der Waals surface area contributed by atoms with Gasteiger partial charge in [0.2, 0.25) is 5.54 Å². The zero-order valence-corrected chi connectivity index (χ0v) is 10.0. The van der Waals surface area contributed by atoms with Crippen molar-refractivity contribution in [2.45, 2.75) is 44.2 Å². The van der Waals surface area contributed by atoms with E-state index in [1.165, 1.54) is 0 Å². The third kappa shape index (κ3) is 1.36. The summed E-state index contributed by atoms with van der Waals surface area (Å²) in [6, 6.07) is -5.72. The molecule has 10 heteroatoms. The predicted molar refractivity (Wildman–Crippen MR) is 48.3 cm³/mol. The van der Waals surface area contributed by atoms with Crippen LogP contribution < -0.4 is 0 Å². The van der Waals surface area contributed by atoms with E-state index in [1.54, 1.807) is 0 Å². The van der Waals surface area contributed by atoms with Gasteiger partial charge in [-0.1, -0.05) is 25.8 Å². The van der Waals surface area contributed by atoms with Gasteiger partial charge in [-0.05, 0) is 5.41 Å². The van der Waals surface area contributed by atoms with Gasteiger partial charge in [-0.2, -0.15) is 26.3 Å². The van der Waals surface area contributed by atoms with Gasteiger partial charge in [0.05, 0.1) is 0 Å². The average Bonchev–Trinajstić information content (AvgIpc) is 2.20. The van der Waals surface area contributed by atoms with Crippen LogP contribution in [0.25, 0.3) is 0 Å². The molecule has 112 valence electrons. The molecule has 1 heterocycles. The highest BCUT2D eigenvalue weighted by Crippen LogP contribution is 2.65. The number of nitrogens with zero attached hydrogens (tertiary/aromatic N) is 1. The molecule has 1 rings (SSSR count). The van der Waals surface area contributed by atoms with Crippen LogP contribution in [0.4, 0.5) is 26.3 Å². The Bertz CT molecular complexity index is 419. The minimum absolute atomic E-state index is 0.732. The first kappa shape index (κ1) is 16.0. The summed E-state index contributed by atoms with van der Waals surface area (Å²) in [7, 11) is 0. The van der Waals surface area contributed by atoms with Crippen molar-refractivity contribution in [2.24, 2.45) is 5.41 Å². The SMILES string of the molecule is CC(C)(C)C1(C(=O)O)N(O)C(F)(F)C(F)(F)C1(F)F. The monoisotopic (exact) mass is 295 g/mol. The number of aliphatic carboxylic acids is 1. The van der Waals surface area contributed by atoms with Crippen molar-refractivity contribution in [3.05, 3.63) is 0 Å². The van der Waals surface area contributed by atoms with E-state index in [9.17, 15) is 31.1 Å². The number of hydroxylamine groups is 2. The molecule has 0 aromatic heterocycles. The Hall–Kier alpha value is -1.03. The standard InChI is InChI=1S/C9H11F6NO3/c1-5(2,3)6(4(17)18)7(10,11)8(12,13)9(14,15)16(6)19/h19H,1-3H3,(H,17,18). The summed E-state index contributed by atoms with van der Waals surface area (Å²) in [5, 5.41) is 16.2. The van der Waals surface area contributed by atoms with Gasteiger partial charge in [-0.3, -0.25) is 0 Å². The molecule has 1 saturated heterocycles. The summed E-state index contributed by atoms with van der Waals surface area (Å²) < 4.78 is 80.1. The zero-order chi connectivity index (χ0) is 15.7. The molecule has 0 spiro atoms. The van der Waals surface area contributed by atoms with E-state index in [-0.39, 0.29) is 0 Å². The third-order valence-electron chi connectivity index (χ3n) is 3.21. The van der Waals surface area contributed by atoms with Crippen LogP contribution in [0.2, 0.25) is 0 Å². The van der Waals surface area contributed by atoms with E-state index < -0.39 is 39.9 Å². The Balaban J connectivity index is 3.81. The second-order valence-electron chi connectivity index (χ2n) is 5.27. The van der Waals surface area contributed by atoms with Crippen LogP contribution in [-0.4, -0.2) is 44.8 Å². The first-order valence-corrected chi connectivity index (χ1v) is 4.96. The van der Waals surface area contributed by atoms with Crippen molar-refractivity contribution < 1.29 is 41.5 Å². The summed E-state index contributed by atoms with van der Waals surface area (Å²) in [5.74, 6) is -14.4.